The number of anilines is 1. The zero-order valence-electron chi connectivity index (χ0n) is 12.9. The van der Waals surface area contributed by atoms with Crippen LogP contribution in [0.5, 0.6) is 0 Å². The molecular formula is C19H18N2O2. The van der Waals surface area contributed by atoms with E-state index in [1.807, 2.05) is 24.4 Å². The Bertz CT molecular complexity index is 864. The summed E-state index contributed by atoms with van der Waals surface area (Å²) in [6, 6.07) is 15.0. The van der Waals surface area contributed by atoms with E-state index in [9.17, 15) is 9.59 Å². The number of H-pyrrole nitrogens is 1. The Morgan fingerprint density at radius 3 is 2.74 bits per heavy atom. The molecule has 116 valence electrons. The second-order valence-corrected chi connectivity index (χ2v) is 5.54. The Kier molecular flexibility index (Phi) is 4.24. The number of hydrogen-bond acceptors (Lipinski definition) is 2. The fourth-order valence-electron chi connectivity index (χ4n) is 2.63. The van der Waals surface area contributed by atoms with E-state index in [0.717, 1.165) is 16.5 Å². The molecule has 0 saturated carbocycles. The molecule has 4 heteroatoms. The van der Waals surface area contributed by atoms with Crippen molar-refractivity contribution >= 4 is 28.3 Å². The van der Waals surface area contributed by atoms with Crippen LogP contribution < -0.4 is 5.32 Å². The maximum atomic E-state index is 12.1. The maximum absolute atomic E-state index is 12.1. The molecule has 2 N–H and O–H groups in total. The van der Waals surface area contributed by atoms with Gasteiger partial charge in [-0.3, -0.25) is 9.59 Å². The van der Waals surface area contributed by atoms with Gasteiger partial charge in [0.15, 0.2) is 5.78 Å². The van der Waals surface area contributed by atoms with Crippen molar-refractivity contribution in [3.8, 4) is 0 Å². The van der Waals surface area contributed by atoms with Crippen LogP contribution in [0.3, 0.4) is 0 Å². The molecule has 0 unspecified atom stereocenters. The highest BCUT2D eigenvalue weighted by molar-refractivity contribution is 5.97. The van der Waals surface area contributed by atoms with Crippen molar-refractivity contribution in [1.29, 1.82) is 0 Å². The van der Waals surface area contributed by atoms with Gasteiger partial charge in [-0.25, -0.2) is 0 Å². The van der Waals surface area contributed by atoms with Crippen molar-refractivity contribution in [2.75, 3.05) is 5.32 Å². The van der Waals surface area contributed by atoms with Gasteiger partial charge < -0.3 is 10.3 Å². The Balaban J connectivity index is 1.64. The summed E-state index contributed by atoms with van der Waals surface area (Å²) >= 11 is 0. The first-order chi connectivity index (χ1) is 11.1. The van der Waals surface area contributed by atoms with Crippen molar-refractivity contribution in [3.63, 3.8) is 0 Å². The molecule has 23 heavy (non-hydrogen) atoms. The number of amides is 1. The van der Waals surface area contributed by atoms with Gasteiger partial charge in [-0.15, -0.1) is 0 Å². The zero-order chi connectivity index (χ0) is 16.2. The van der Waals surface area contributed by atoms with Crippen LogP contribution in [-0.2, 0) is 11.2 Å². The van der Waals surface area contributed by atoms with Crippen LogP contribution in [0.1, 0.15) is 29.3 Å². The summed E-state index contributed by atoms with van der Waals surface area (Å²) in [5.41, 5.74) is 3.46. The minimum absolute atomic E-state index is 0.0140. The van der Waals surface area contributed by atoms with E-state index >= 15 is 0 Å². The fourth-order valence-corrected chi connectivity index (χ4v) is 2.63. The molecule has 0 spiro atoms. The number of carbonyl (C=O) groups is 2. The summed E-state index contributed by atoms with van der Waals surface area (Å²) in [6.45, 7) is 1.51. The molecule has 2 aromatic carbocycles. The maximum Gasteiger partial charge on any atom is 0.224 e. The van der Waals surface area contributed by atoms with Crippen molar-refractivity contribution in [2.24, 2.45) is 0 Å². The highest BCUT2D eigenvalue weighted by Gasteiger charge is 2.08. The van der Waals surface area contributed by atoms with Gasteiger partial charge in [0.05, 0.1) is 0 Å². The summed E-state index contributed by atoms with van der Waals surface area (Å²) in [6.07, 6.45) is 3.02. The lowest BCUT2D eigenvalue weighted by molar-refractivity contribution is -0.116. The number of fused-ring (bicyclic) bond motifs is 1. The summed E-state index contributed by atoms with van der Waals surface area (Å²) in [5.74, 6) is -0.0733. The molecule has 0 saturated heterocycles. The monoisotopic (exact) mass is 306 g/mol. The zero-order valence-corrected chi connectivity index (χ0v) is 12.9. The smallest absolute Gasteiger partial charge is 0.224 e. The lowest BCUT2D eigenvalue weighted by Crippen LogP contribution is -2.12. The van der Waals surface area contributed by atoms with Gasteiger partial charge in [-0.05, 0) is 37.1 Å². The lowest BCUT2D eigenvalue weighted by atomic mass is 10.1. The molecule has 1 aromatic heterocycles. The fraction of sp³-hybridized carbons (Fsp3) is 0.158. The number of aromatic amines is 1. The highest BCUT2D eigenvalue weighted by Crippen LogP contribution is 2.19. The molecule has 0 atom stereocenters. The number of para-hydroxylation sites is 1. The average Bonchev–Trinajstić information content (AvgIpc) is 2.96. The van der Waals surface area contributed by atoms with Gasteiger partial charge in [0, 0.05) is 34.8 Å². The predicted molar refractivity (Wildman–Crippen MR) is 91.7 cm³/mol. The molecule has 0 aliphatic rings. The van der Waals surface area contributed by atoms with Crippen LogP contribution in [0.4, 0.5) is 5.69 Å². The molecule has 0 aliphatic carbocycles. The van der Waals surface area contributed by atoms with Gasteiger partial charge in [-0.2, -0.15) is 0 Å². The second kappa shape index (κ2) is 6.48. The highest BCUT2D eigenvalue weighted by atomic mass is 16.1. The van der Waals surface area contributed by atoms with Crippen molar-refractivity contribution < 1.29 is 9.59 Å². The molecule has 4 nitrogen and oxygen atoms in total. The summed E-state index contributed by atoms with van der Waals surface area (Å²) < 4.78 is 0. The lowest BCUT2D eigenvalue weighted by Gasteiger charge is -2.06. The Labute approximate surface area is 134 Å². The molecular weight excluding hydrogens is 288 g/mol. The molecule has 0 aliphatic heterocycles. The van der Waals surface area contributed by atoms with Crippen molar-refractivity contribution in [1.82, 2.24) is 4.98 Å². The number of ketones is 1. The largest absolute Gasteiger partial charge is 0.361 e. The van der Waals surface area contributed by atoms with Gasteiger partial charge in [0.25, 0.3) is 0 Å². The van der Waals surface area contributed by atoms with Crippen LogP contribution in [0, 0.1) is 0 Å². The van der Waals surface area contributed by atoms with Crippen LogP contribution in [0.25, 0.3) is 10.9 Å². The Morgan fingerprint density at radius 1 is 1.09 bits per heavy atom. The number of Topliss-reactive ketones (excluding diaryl/α,β-unsaturated/α-hetero) is 1. The number of hydrogen-bond donors (Lipinski definition) is 2. The molecule has 3 rings (SSSR count). The Morgan fingerprint density at radius 2 is 1.91 bits per heavy atom. The van der Waals surface area contributed by atoms with Crippen molar-refractivity contribution in [2.45, 2.75) is 19.8 Å². The summed E-state index contributed by atoms with van der Waals surface area (Å²) in [4.78, 5) is 26.7. The topological polar surface area (TPSA) is 62.0 Å². The van der Waals surface area contributed by atoms with E-state index in [-0.39, 0.29) is 11.7 Å². The first-order valence-corrected chi connectivity index (χ1v) is 7.59. The average molecular weight is 306 g/mol. The number of aromatic nitrogens is 1. The van der Waals surface area contributed by atoms with Gasteiger partial charge >= 0.3 is 0 Å². The Hall–Kier alpha value is -2.88. The third kappa shape index (κ3) is 3.48. The number of aryl methyl sites for hydroxylation is 1. The van der Waals surface area contributed by atoms with E-state index < -0.39 is 0 Å². The quantitative estimate of drug-likeness (QED) is 0.701. The molecule has 0 radical (unpaired) electrons. The van der Waals surface area contributed by atoms with Gasteiger partial charge in [-0.1, -0.05) is 30.3 Å². The second-order valence-electron chi connectivity index (χ2n) is 5.54. The van der Waals surface area contributed by atoms with E-state index in [2.05, 4.69) is 16.4 Å². The van der Waals surface area contributed by atoms with Crippen LogP contribution in [0.2, 0.25) is 0 Å². The first-order valence-electron chi connectivity index (χ1n) is 7.59. The normalized spacial score (nSPS) is 10.7. The number of nitrogens with one attached hydrogen (secondary N) is 2. The molecule has 0 fully saturated rings. The van der Waals surface area contributed by atoms with Crippen LogP contribution >= 0.6 is 0 Å². The van der Waals surface area contributed by atoms with Crippen LogP contribution in [0.15, 0.2) is 54.7 Å². The number of benzene rings is 2. The standard InChI is InChI=1S/C19H18N2O2/c1-13(22)14-5-4-6-16(11-14)21-19(23)10-9-15-12-20-18-8-3-2-7-17(15)18/h2-8,11-12,20H,9-10H2,1H3,(H,21,23). The van der Waals surface area contributed by atoms with Gasteiger partial charge in [0.2, 0.25) is 5.91 Å². The minimum atomic E-state index is -0.0593. The van der Waals surface area contributed by atoms with E-state index in [1.165, 1.54) is 6.92 Å². The number of carbonyl (C=O) groups excluding carboxylic acids is 2. The SMILES string of the molecule is CC(=O)c1cccc(NC(=O)CCc2c[nH]c3ccccc23)c1. The van der Waals surface area contributed by atoms with Crippen LogP contribution in [-0.4, -0.2) is 16.7 Å². The van der Waals surface area contributed by atoms with Crippen molar-refractivity contribution in [3.05, 3.63) is 65.9 Å². The third-order valence-electron chi connectivity index (χ3n) is 3.85. The predicted octanol–water partition coefficient (Wildman–Crippen LogP) is 3.94. The molecule has 1 amide bonds. The molecule has 0 bridgehead atoms. The first kappa shape index (κ1) is 15.0. The van der Waals surface area contributed by atoms with E-state index in [1.54, 1.807) is 24.3 Å². The minimum Gasteiger partial charge on any atom is -0.361 e. The van der Waals surface area contributed by atoms with E-state index in [4.69, 9.17) is 0 Å². The number of rotatable bonds is 5. The summed E-state index contributed by atoms with van der Waals surface area (Å²) in [7, 11) is 0. The summed E-state index contributed by atoms with van der Waals surface area (Å²) in [5, 5.41) is 4.00. The molecule has 3 aromatic rings. The van der Waals surface area contributed by atoms with E-state index in [0.29, 0.717) is 24.1 Å². The molecule has 1 heterocycles. The van der Waals surface area contributed by atoms with Gasteiger partial charge in [0.1, 0.15) is 0 Å². The third-order valence-corrected chi connectivity index (χ3v) is 3.85.